The van der Waals surface area contributed by atoms with E-state index in [4.69, 9.17) is 16.3 Å². The van der Waals surface area contributed by atoms with E-state index in [2.05, 4.69) is 20.4 Å². The Bertz CT molecular complexity index is 559. The van der Waals surface area contributed by atoms with Gasteiger partial charge in [0.05, 0.1) is 7.11 Å². The third-order valence-corrected chi connectivity index (χ3v) is 2.90. The van der Waals surface area contributed by atoms with Crippen LogP contribution >= 0.6 is 23.4 Å². The van der Waals surface area contributed by atoms with Crippen molar-refractivity contribution in [2.45, 2.75) is 5.16 Å². The summed E-state index contributed by atoms with van der Waals surface area (Å²) >= 11 is 7.33. The fourth-order valence-corrected chi connectivity index (χ4v) is 2.00. The molecule has 0 aliphatic carbocycles. The van der Waals surface area contributed by atoms with Crippen molar-refractivity contribution in [3.63, 3.8) is 0 Å². The third kappa shape index (κ3) is 2.85. The van der Waals surface area contributed by atoms with Crippen LogP contribution in [0, 0.1) is 0 Å². The molecule has 18 heavy (non-hydrogen) atoms. The van der Waals surface area contributed by atoms with Crippen molar-refractivity contribution >= 4 is 35.0 Å². The van der Waals surface area contributed by atoms with Crippen LogP contribution in [0.15, 0.2) is 17.3 Å². The zero-order valence-electron chi connectivity index (χ0n) is 10.1. The largest absolute Gasteiger partial charge is 0.481 e. The molecule has 0 atom stereocenters. The lowest BCUT2D eigenvalue weighted by Crippen LogP contribution is -1.98. The van der Waals surface area contributed by atoms with Crippen LogP contribution < -0.4 is 10.1 Å². The van der Waals surface area contributed by atoms with Gasteiger partial charge in [0, 0.05) is 19.2 Å². The molecule has 0 saturated carbocycles. The molecule has 0 aliphatic rings. The minimum Gasteiger partial charge on any atom is -0.481 e. The van der Waals surface area contributed by atoms with Crippen LogP contribution in [0.1, 0.15) is 0 Å². The Balaban J connectivity index is 2.24. The monoisotopic (exact) mass is 285 g/mol. The minimum absolute atomic E-state index is 0.389. The molecule has 0 spiro atoms. The van der Waals surface area contributed by atoms with E-state index in [-0.39, 0.29) is 0 Å². The molecule has 0 saturated heterocycles. The van der Waals surface area contributed by atoms with Crippen molar-refractivity contribution in [1.82, 2.24) is 19.7 Å². The molecular weight excluding hydrogens is 274 g/mol. The highest BCUT2D eigenvalue weighted by molar-refractivity contribution is 7.98. The second-order valence-corrected chi connectivity index (χ2v) is 4.54. The number of hydrogen-bond donors (Lipinski definition) is 1. The van der Waals surface area contributed by atoms with Crippen LogP contribution in [0.4, 0.5) is 11.6 Å². The molecule has 8 heteroatoms. The average molecular weight is 286 g/mol. The zero-order valence-corrected chi connectivity index (χ0v) is 11.7. The summed E-state index contributed by atoms with van der Waals surface area (Å²) in [4.78, 5) is 8.34. The maximum Gasteiger partial charge on any atom is 0.213 e. The topological polar surface area (TPSA) is 64.9 Å². The summed E-state index contributed by atoms with van der Waals surface area (Å²) < 4.78 is 6.76. The van der Waals surface area contributed by atoms with E-state index in [0.29, 0.717) is 27.8 Å². The van der Waals surface area contributed by atoms with Crippen molar-refractivity contribution in [3.05, 3.63) is 17.3 Å². The first kappa shape index (κ1) is 13.0. The van der Waals surface area contributed by atoms with Crippen LogP contribution in [0.3, 0.4) is 0 Å². The average Bonchev–Trinajstić information content (AvgIpc) is 2.68. The van der Waals surface area contributed by atoms with Crippen LogP contribution in [-0.4, -0.2) is 33.1 Å². The van der Waals surface area contributed by atoms with Crippen molar-refractivity contribution in [1.29, 1.82) is 0 Å². The fourth-order valence-electron chi connectivity index (χ4n) is 1.39. The first-order chi connectivity index (χ1) is 8.62. The second kappa shape index (κ2) is 5.45. The van der Waals surface area contributed by atoms with Gasteiger partial charge in [0.15, 0.2) is 11.0 Å². The van der Waals surface area contributed by atoms with Crippen molar-refractivity contribution < 1.29 is 4.74 Å². The lowest BCUT2D eigenvalue weighted by Gasteiger charge is -2.03. The van der Waals surface area contributed by atoms with Gasteiger partial charge in [-0.15, -0.1) is 0 Å². The van der Waals surface area contributed by atoms with E-state index in [0.717, 1.165) is 0 Å². The Labute approximate surface area is 114 Å². The highest BCUT2D eigenvalue weighted by Crippen LogP contribution is 2.22. The summed E-state index contributed by atoms with van der Waals surface area (Å²) in [6.07, 6.45) is 1.89. The third-order valence-electron chi connectivity index (χ3n) is 2.16. The number of thioether (sulfide) groups is 1. The minimum atomic E-state index is 0.389. The molecule has 1 N–H and O–H groups in total. The molecule has 0 fully saturated rings. The number of methoxy groups -OCH3 is 1. The Morgan fingerprint density at radius 1 is 1.33 bits per heavy atom. The van der Waals surface area contributed by atoms with Gasteiger partial charge in [-0.25, -0.2) is 14.6 Å². The van der Waals surface area contributed by atoms with Gasteiger partial charge in [0.2, 0.25) is 5.88 Å². The highest BCUT2D eigenvalue weighted by Gasteiger charge is 2.07. The molecule has 2 heterocycles. The van der Waals surface area contributed by atoms with Crippen molar-refractivity contribution in [2.75, 3.05) is 18.7 Å². The first-order valence-electron chi connectivity index (χ1n) is 5.06. The van der Waals surface area contributed by atoms with Crippen molar-refractivity contribution in [3.8, 4) is 5.88 Å². The van der Waals surface area contributed by atoms with E-state index < -0.39 is 0 Å². The maximum absolute atomic E-state index is 5.90. The molecule has 0 bridgehead atoms. The Kier molecular flexibility index (Phi) is 3.93. The predicted octanol–water partition coefficient (Wildman–Crippen LogP) is 2.34. The SMILES string of the molecule is COc1cc(Nc2cc(Cl)nc(SC)n2)nn1C. The number of nitrogens with zero attached hydrogens (tertiary/aromatic N) is 4. The maximum atomic E-state index is 5.90. The standard InChI is InChI=1S/C10H12ClN5OS/c1-16-9(17-2)5-8(15-16)13-7-4-6(11)12-10(14-7)18-3/h4-5H,1-3H3,(H,12,13,14,15). The molecule has 0 aliphatic heterocycles. The second-order valence-electron chi connectivity index (χ2n) is 3.38. The van der Waals surface area contributed by atoms with Gasteiger partial charge in [-0.05, 0) is 6.26 Å². The lowest BCUT2D eigenvalue weighted by atomic mass is 10.5. The summed E-state index contributed by atoms with van der Waals surface area (Å²) in [5.41, 5.74) is 0. The van der Waals surface area contributed by atoms with Crippen LogP contribution in [0.2, 0.25) is 5.15 Å². The summed E-state index contributed by atoms with van der Waals surface area (Å²) in [5, 5.41) is 8.28. The smallest absolute Gasteiger partial charge is 0.213 e. The quantitative estimate of drug-likeness (QED) is 0.528. The molecule has 2 aromatic heterocycles. The first-order valence-corrected chi connectivity index (χ1v) is 6.66. The van der Waals surface area contributed by atoms with Gasteiger partial charge in [-0.1, -0.05) is 23.4 Å². The summed E-state index contributed by atoms with van der Waals surface area (Å²) in [7, 11) is 3.39. The zero-order chi connectivity index (χ0) is 13.1. The van der Waals surface area contributed by atoms with E-state index in [1.165, 1.54) is 11.8 Å². The number of aryl methyl sites for hydroxylation is 1. The molecule has 2 rings (SSSR count). The number of ether oxygens (including phenoxy) is 1. The van der Waals surface area contributed by atoms with Gasteiger partial charge in [-0.3, -0.25) is 0 Å². The van der Waals surface area contributed by atoms with Crippen LogP contribution in [-0.2, 0) is 7.05 Å². The summed E-state index contributed by atoms with van der Waals surface area (Å²) in [5.74, 6) is 1.89. The number of aromatic nitrogens is 4. The van der Waals surface area contributed by atoms with Crippen molar-refractivity contribution in [2.24, 2.45) is 7.05 Å². The van der Waals surface area contributed by atoms with Gasteiger partial charge in [0.25, 0.3) is 0 Å². The molecule has 0 unspecified atom stereocenters. The number of hydrogen-bond acceptors (Lipinski definition) is 6. The number of rotatable bonds is 4. The van der Waals surface area contributed by atoms with Crippen LogP contribution in [0.5, 0.6) is 5.88 Å². The molecule has 0 radical (unpaired) electrons. The summed E-state index contributed by atoms with van der Waals surface area (Å²) in [6.45, 7) is 0. The van der Waals surface area contributed by atoms with Crippen LogP contribution in [0.25, 0.3) is 0 Å². The Morgan fingerprint density at radius 3 is 2.72 bits per heavy atom. The predicted molar refractivity (Wildman–Crippen MR) is 71.9 cm³/mol. The number of halogens is 1. The number of anilines is 2. The van der Waals surface area contributed by atoms with Gasteiger partial charge < -0.3 is 10.1 Å². The fraction of sp³-hybridized carbons (Fsp3) is 0.300. The van der Waals surface area contributed by atoms with E-state index in [1.807, 2.05) is 6.26 Å². The van der Waals surface area contributed by atoms with E-state index in [1.54, 1.807) is 31.0 Å². The van der Waals surface area contributed by atoms with E-state index in [9.17, 15) is 0 Å². The highest BCUT2D eigenvalue weighted by atomic mass is 35.5. The Hall–Kier alpha value is -1.47. The molecule has 96 valence electrons. The molecule has 2 aromatic rings. The number of nitrogens with one attached hydrogen (secondary N) is 1. The Morgan fingerprint density at radius 2 is 2.11 bits per heavy atom. The molecular formula is C10H12ClN5OS. The molecule has 0 aromatic carbocycles. The molecule has 6 nitrogen and oxygen atoms in total. The molecule has 0 amide bonds. The van der Waals surface area contributed by atoms with E-state index >= 15 is 0 Å². The van der Waals surface area contributed by atoms with Gasteiger partial charge >= 0.3 is 0 Å². The lowest BCUT2D eigenvalue weighted by molar-refractivity contribution is 0.373. The normalized spacial score (nSPS) is 10.4. The van der Waals surface area contributed by atoms with Gasteiger partial charge in [0.1, 0.15) is 11.0 Å². The summed E-state index contributed by atoms with van der Waals surface area (Å²) in [6, 6.07) is 3.41. The van der Waals surface area contributed by atoms with Gasteiger partial charge in [-0.2, -0.15) is 5.10 Å².